The van der Waals surface area contributed by atoms with E-state index in [1.807, 2.05) is 0 Å². The van der Waals surface area contributed by atoms with E-state index in [1.165, 1.54) is 11.8 Å². The van der Waals surface area contributed by atoms with Crippen LogP contribution in [0.5, 0.6) is 0 Å². The third kappa shape index (κ3) is 4.56. The third-order valence-electron chi connectivity index (χ3n) is 2.15. The molecule has 2 aliphatic carbocycles. The summed E-state index contributed by atoms with van der Waals surface area (Å²) in [4.78, 5) is 0. The van der Waals surface area contributed by atoms with Crippen LogP contribution in [-0.4, -0.2) is 24.2 Å². The Morgan fingerprint density at radius 3 is 1.36 bits per heavy atom. The van der Waals surface area contributed by atoms with E-state index in [-0.39, 0.29) is 0 Å². The van der Waals surface area contributed by atoms with Crippen LogP contribution < -0.4 is 0 Å². The number of hydrogen-bond acceptors (Lipinski definition) is 2. The molecule has 0 spiro atoms. The fourth-order valence-corrected chi connectivity index (χ4v) is 1.49. The lowest BCUT2D eigenvalue weighted by Crippen LogP contribution is -1.93. The Kier molecular flexibility index (Phi) is 4.11. The van der Waals surface area contributed by atoms with Gasteiger partial charge < -0.3 is 8.85 Å². The molecule has 0 aromatic heterocycles. The molecule has 0 radical (unpaired) electrons. The Morgan fingerprint density at radius 2 is 1.27 bits per heavy atom. The van der Waals surface area contributed by atoms with Crippen LogP contribution in [0.25, 0.3) is 0 Å². The van der Waals surface area contributed by atoms with Crippen molar-refractivity contribution in [2.75, 3.05) is 14.2 Å². The second-order valence-corrected chi connectivity index (χ2v) is 4.76. The Labute approximate surface area is 71.3 Å². The standard InChI is InChI=1S/C6H10.C2H8O2Si/c1-2-5(1)6-3-4-6;1-3-5-4-2/h5-6H,1-4H2;5H2,1-2H3. The van der Waals surface area contributed by atoms with Gasteiger partial charge in [-0.15, -0.1) is 0 Å². The maximum Gasteiger partial charge on any atom is 0.303 e. The molecule has 0 N–H and O–H groups in total. The van der Waals surface area contributed by atoms with E-state index < -0.39 is 10.0 Å². The first-order valence-electron chi connectivity index (χ1n) is 4.36. The summed E-state index contributed by atoms with van der Waals surface area (Å²) in [6.45, 7) is 0. The first kappa shape index (κ1) is 9.23. The van der Waals surface area contributed by atoms with Gasteiger partial charge in [-0.2, -0.15) is 0 Å². The average Bonchev–Trinajstić information content (AvgIpc) is 2.85. The Balaban J connectivity index is 0.000000114. The first-order valence-corrected chi connectivity index (χ1v) is 5.51. The smallest absolute Gasteiger partial charge is 0.303 e. The molecule has 2 fully saturated rings. The van der Waals surface area contributed by atoms with Crippen molar-refractivity contribution >= 4 is 10.0 Å². The van der Waals surface area contributed by atoms with Crippen molar-refractivity contribution in [3.05, 3.63) is 0 Å². The lowest BCUT2D eigenvalue weighted by atomic mass is 10.3. The molecule has 0 aromatic carbocycles. The summed E-state index contributed by atoms with van der Waals surface area (Å²) in [6.07, 6.45) is 6.24. The maximum absolute atomic E-state index is 4.61. The number of rotatable bonds is 3. The van der Waals surface area contributed by atoms with E-state index in [9.17, 15) is 0 Å². The van der Waals surface area contributed by atoms with E-state index in [0.29, 0.717) is 0 Å². The molecule has 0 bridgehead atoms. The van der Waals surface area contributed by atoms with Gasteiger partial charge in [-0.1, -0.05) is 0 Å². The van der Waals surface area contributed by atoms with Crippen molar-refractivity contribution in [2.45, 2.75) is 25.7 Å². The summed E-state index contributed by atoms with van der Waals surface area (Å²) in [5.74, 6) is 2.43. The van der Waals surface area contributed by atoms with Gasteiger partial charge in [-0.25, -0.2) is 0 Å². The van der Waals surface area contributed by atoms with Crippen molar-refractivity contribution < 1.29 is 8.85 Å². The van der Waals surface area contributed by atoms with Crippen molar-refractivity contribution in [3.63, 3.8) is 0 Å². The monoisotopic (exact) mass is 174 g/mol. The molecule has 2 aliphatic rings. The highest BCUT2D eigenvalue weighted by atomic mass is 28.3. The van der Waals surface area contributed by atoms with Gasteiger partial charge in [0.15, 0.2) is 0 Å². The van der Waals surface area contributed by atoms with E-state index in [2.05, 4.69) is 8.85 Å². The molecule has 2 nitrogen and oxygen atoms in total. The van der Waals surface area contributed by atoms with Crippen LogP contribution in [-0.2, 0) is 8.85 Å². The zero-order chi connectivity index (χ0) is 8.10. The summed E-state index contributed by atoms with van der Waals surface area (Å²) in [7, 11) is 2.73. The second kappa shape index (κ2) is 4.90. The largest absolute Gasteiger partial charge is 0.402 e. The van der Waals surface area contributed by atoms with Crippen LogP contribution in [0.15, 0.2) is 0 Å². The molecule has 0 heterocycles. The summed E-state index contributed by atoms with van der Waals surface area (Å²) < 4.78 is 9.22. The molecular formula is C8H18O2Si. The van der Waals surface area contributed by atoms with E-state index in [4.69, 9.17) is 0 Å². The molecule has 0 aliphatic heterocycles. The molecule has 2 saturated carbocycles. The molecule has 2 rings (SSSR count). The van der Waals surface area contributed by atoms with Gasteiger partial charge >= 0.3 is 10.0 Å². The summed E-state index contributed by atoms with van der Waals surface area (Å²) in [5, 5.41) is 0. The highest BCUT2D eigenvalue weighted by Gasteiger charge is 2.37. The molecule has 66 valence electrons. The topological polar surface area (TPSA) is 18.5 Å². The van der Waals surface area contributed by atoms with Gasteiger partial charge in [0.1, 0.15) is 0 Å². The first-order chi connectivity index (χ1) is 5.38. The van der Waals surface area contributed by atoms with Crippen LogP contribution in [0.3, 0.4) is 0 Å². The van der Waals surface area contributed by atoms with Crippen molar-refractivity contribution in [3.8, 4) is 0 Å². The Hall–Kier alpha value is 0.137. The summed E-state index contributed by atoms with van der Waals surface area (Å²) in [6, 6.07) is 0. The highest BCUT2D eigenvalue weighted by molar-refractivity contribution is 6.17. The normalized spacial score (nSPS) is 22.4. The molecule has 0 unspecified atom stereocenters. The lowest BCUT2D eigenvalue weighted by Gasteiger charge is -1.86. The zero-order valence-corrected chi connectivity index (χ0v) is 8.92. The molecule has 0 aromatic rings. The maximum atomic E-state index is 4.61. The van der Waals surface area contributed by atoms with Gasteiger partial charge in [-0.05, 0) is 37.5 Å². The third-order valence-corrected chi connectivity index (χ3v) is 2.62. The van der Waals surface area contributed by atoms with Crippen LogP contribution >= 0.6 is 0 Å². The Morgan fingerprint density at radius 1 is 0.909 bits per heavy atom. The molecule has 3 heteroatoms. The molecule has 0 saturated heterocycles. The molecular weight excluding hydrogens is 156 g/mol. The number of hydrogen-bond donors (Lipinski definition) is 0. The minimum Gasteiger partial charge on any atom is -0.402 e. The highest BCUT2D eigenvalue weighted by Crippen LogP contribution is 2.49. The van der Waals surface area contributed by atoms with Gasteiger partial charge in [0, 0.05) is 14.2 Å². The molecule has 0 amide bonds. The van der Waals surface area contributed by atoms with Crippen molar-refractivity contribution in [1.82, 2.24) is 0 Å². The van der Waals surface area contributed by atoms with Crippen LogP contribution in [0.2, 0.25) is 0 Å². The van der Waals surface area contributed by atoms with Crippen LogP contribution in [0.4, 0.5) is 0 Å². The second-order valence-electron chi connectivity index (χ2n) is 3.37. The fourth-order valence-electron chi connectivity index (χ4n) is 1.25. The van der Waals surface area contributed by atoms with Crippen molar-refractivity contribution in [1.29, 1.82) is 0 Å². The predicted molar refractivity (Wildman–Crippen MR) is 48.0 cm³/mol. The fraction of sp³-hybridized carbons (Fsp3) is 1.00. The van der Waals surface area contributed by atoms with Gasteiger partial charge in [0.05, 0.1) is 0 Å². The molecule has 11 heavy (non-hydrogen) atoms. The zero-order valence-electron chi connectivity index (χ0n) is 7.51. The van der Waals surface area contributed by atoms with Crippen LogP contribution in [0.1, 0.15) is 25.7 Å². The van der Waals surface area contributed by atoms with Crippen LogP contribution in [0, 0.1) is 11.8 Å². The lowest BCUT2D eigenvalue weighted by molar-refractivity contribution is 0.309. The van der Waals surface area contributed by atoms with Gasteiger partial charge in [0.25, 0.3) is 0 Å². The van der Waals surface area contributed by atoms with Gasteiger partial charge in [-0.3, -0.25) is 0 Å². The quantitative estimate of drug-likeness (QED) is 0.596. The molecule has 0 atom stereocenters. The minimum absolute atomic E-state index is 0.568. The minimum atomic E-state index is -0.568. The van der Waals surface area contributed by atoms with E-state index in [0.717, 1.165) is 0 Å². The van der Waals surface area contributed by atoms with E-state index >= 15 is 0 Å². The average molecular weight is 174 g/mol. The predicted octanol–water partition coefficient (Wildman–Crippen LogP) is 1.08. The summed E-state index contributed by atoms with van der Waals surface area (Å²) in [5.41, 5.74) is 0. The SMILES string of the molecule is C1CC1C1CC1.CO[SiH2]OC. The van der Waals surface area contributed by atoms with E-state index in [1.54, 1.807) is 39.9 Å². The Bertz CT molecular complexity index is 88.3. The van der Waals surface area contributed by atoms with Crippen molar-refractivity contribution in [2.24, 2.45) is 11.8 Å². The summed E-state index contributed by atoms with van der Waals surface area (Å²) >= 11 is 0. The van der Waals surface area contributed by atoms with Gasteiger partial charge in [0.2, 0.25) is 0 Å².